The first-order chi connectivity index (χ1) is 20.5. The topological polar surface area (TPSA) is 151 Å². The molecule has 1 aromatic carbocycles. The van der Waals surface area contributed by atoms with Crippen molar-refractivity contribution in [2.75, 3.05) is 50.0 Å². The van der Waals surface area contributed by atoms with E-state index >= 15 is 0 Å². The van der Waals surface area contributed by atoms with E-state index in [9.17, 15) is 14.4 Å². The number of benzene rings is 1. The van der Waals surface area contributed by atoms with E-state index in [1.54, 1.807) is 29.8 Å². The lowest BCUT2D eigenvalue weighted by atomic mass is 10.1. The zero-order chi connectivity index (χ0) is 29.3. The molecule has 0 aliphatic carbocycles. The molecule has 1 aliphatic heterocycles. The van der Waals surface area contributed by atoms with Gasteiger partial charge in [-0.3, -0.25) is 24.3 Å². The summed E-state index contributed by atoms with van der Waals surface area (Å²) in [6.07, 6.45) is 7.55. The summed E-state index contributed by atoms with van der Waals surface area (Å²) in [4.78, 5) is 56.7. The van der Waals surface area contributed by atoms with Crippen molar-refractivity contribution < 1.29 is 19.1 Å². The fourth-order valence-corrected chi connectivity index (χ4v) is 5.06. The number of fused-ring (bicyclic) bond motifs is 1. The second kappa shape index (κ2) is 14.0. The molecule has 0 radical (unpaired) electrons. The van der Waals surface area contributed by atoms with E-state index in [1.807, 2.05) is 0 Å². The number of thiazole rings is 1. The molecule has 0 spiro atoms. The van der Waals surface area contributed by atoms with Crippen molar-refractivity contribution in [2.45, 2.75) is 6.42 Å². The number of hydrogen-bond donors (Lipinski definition) is 3. The lowest BCUT2D eigenvalue weighted by Gasteiger charge is -2.26. The van der Waals surface area contributed by atoms with Crippen LogP contribution in [0.3, 0.4) is 0 Å². The van der Waals surface area contributed by atoms with Crippen LogP contribution < -0.4 is 16.0 Å². The summed E-state index contributed by atoms with van der Waals surface area (Å²) in [6.45, 7) is 4.68. The van der Waals surface area contributed by atoms with Crippen molar-refractivity contribution in [3.8, 4) is 0 Å². The third-order valence-electron chi connectivity index (χ3n) is 6.35. The van der Waals surface area contributed by atoms with Crippen LogP contribution in [-0.2, 0) is 14.3 Å². The SMILES string of the molecule is O=C(C=CC(=O)Nc1cc2c(Nc3ccc(C(=O)c4cncs4)c(Cl)c3)ncnc2cn1)NCCCN1CCOCC1. The van der Waals surface area contributed by atoms with Gasteiger partial charge in [0, 0.05) is 54.6 Å². The summed E-state index contributed by atoms with van der Waals surface area (Å²) in [6, 6.07) is 6.61. The van der Waals surface area contributed by atoms with Gasteiger partial charge in [-0.15, -0.1) is 11.3 Å². The number of halogens is 1. The van der Waals surface area contributed by atoms with Crippen molar-refractivity contribution in [3.05, 3.63) is 76.1 Å². The molecule has 3 aromatic heterocycles. The molecule has 0 bridgehead atoms. The van der Waals surface area contributed by atoms with Crippen molar-refractivity contribution in [1.82, 2.24) is 30.2 Å². The maximum Gasteiger partial charge on any atom is 0.249 e. The third-order valence-corrected chi connectivity index (χ3v) is 7.43. The zero-order valence-corrected chi connectivity index (χ0v) is 24.0. The molecular formula is C28H27ClN8O4S. The quantitative estimate of drug-likeness (QED) is 0.131. The number of carbonyl (C=O) groups is 3. The van der Waals surface area contributed by atoms with Gasteiger partial charge in [-0.05, 0) is 37.2 Å². The Hall–Kier alpha value is -4.30. The molecule has 216 valence electrons. The van der Waals surface area contributed by atoms with Gasteiger partial charge in [0.2, 0.25) is 17.6 Å². The van der Waals surface area contributed by atoms with Crippen LogP contribution in [0.15, 0.2) is 60.6 Å². The van der Waals surface area contributed by atoms with Gasteiger partial charge in [0.05, 0.1) is 40.3 Å². The number of aromatic nitrogens is 4. The fourth-order valence-electron chi connectivity index (χ4n) is 4.22. The number of hydrogen-bond acceptors (Lipinski definition) is 11. The Balaban J connectivity index is 1.18. The minimum absolute atomic E-state index is 0.205. The Morgan fingerprint density at radius 2 is 1.88 bits per heavy atom. The number of ether oxygens (including phenoxy) is 1. The smallest absolute Gasteiger partial charge is 0.249 e. The zero-order valence-electron chi connectivity index (χ0n) is 22.4. The van der Waals surface area contributed by atoms with Crippen LogP contribution >= 0.6 is 22.9 Å². The second-order valence-electron chi connectivity index (χ2n) is 9.24. The number of rotatable bonds is 11. The predicted molar refractivity (Wildman–Crippen MR) is 160 cm³/mol. The summed E-state index contributed by atoms with van der Waals surface area (Å²) in [5.41, 5.74) is 3.09. The normalized spacial score (nSPS) is 13.7. The van der Waals surface area contributed by atoms with Crippen LogP contribution in [0.1, 0.15) is 21.7 Å². The molecule has 1 fully saturated rings. The first-order valence-corrected chi connectivity index (χ1v) is 14.4. The Morgan fingerprint density at radius 1 is 1.05 bits per heavy atom. The largest absolute Gasteiger partial charge is 0.379 e. The highest BCUT2D eigenvalue weighted by atomic mass is 35.5. The molecule has 3 N–H and O–H groups in total. The molecule has 5 rings (SSSR count). The molecule has 4 heterocycles. The minimum atomic E-state index is -0.510. The molecule has 2 amide bonds. The highest BCUT2D eigenvalue weighted by molar-refractivity contribution is 7.12. The Labute approximate surface area is 250 Å². The van der Waals surface area contributed by atoms with E-state index in [1.165, 1.54) is 36.1 Å². The number of pyridine rings is 1. The molecule has 42 heavy (non-hydrogen) atoms. The molecule has 14 heteroatoms. The van der Waals surface area contributed by atoms with Crippen LogP contribution in [0.4, 0.5) is 17.3 Å². The number of ketones is 1. The van der Waals surface area contributed by atoms with Gasteiger partial charge >= 0.3 is 0 Å². The van der Waals surface area contributed by atoms with Crippen LogP contribution in [-0.4, -0.2) is 81.8 Å². The van der Waals surface area contributed by atoms with E-state index in [0.717, 1.165) is 45.3 Å². The Morgan fingerprint density at radius 3 is 2.67 bits per heavy atom. The van der Waals surface area contributed by atoms with Crippen LogP contribution in [0.5, 0.6) is 0 Å². The number of nitrogens with zero attached hydrogens (tertiary/aromatic N) is 5. The summed E-state index contributed by atoms with van der Waals surface area (Å²) in [5, 5.41) is 9.48. The molecule has 1 aliphatic rings. The van der Waals surface area contributed by atoms with E-state index in [2.05, 4.69) is 40.8 Å². The van der Waals surface area contributed by atoms with Gasteiger partial charge in [-0.2, -0.15) is 0 Å². The molecule has 0 atom stereocenters. The number of carbonyl (C=O) groups excluding carboxylic acids is 3. The first kappa shape index (κ1) is 29.2. The summed E-state index contributed by atoms with van der Waals surface area (Å²) in [5.74, 6) is -0.364. The standard InChI is InChI=1S/C28H27ClN8O4S/c29-21-12-18(2-3-19(21)27(40)23-15-30-17-42-23)35-28-20-13-24(32-14-22(20)33-16-34-28)36-26(39)5-4-25(38)31-6-1-7-37-8-10-41-11-9-37/h2-5,12-17H,1,6-11H2,(H,31,38)(H,32,36,39)(H,33,34,35). The van der Waals surface area contributed by atoms with Crippen LogP contribution in [0.25, 0.3) is 10.9 Å². The molecular weight excluding hydrogens is 580 g/mol. The molecule has 1 saturated heterocycles. The molecule has 0 unspecified atom stereocenters. The van der Waals surface area contributed by atoms with Crippen molar-refractivity contribution in [1.29, 1.82) is 0 Å². The van der Waals surface area contributed by atoms with Gasteiger partial charge < -0.3 is 20.7 Å². The van der Waals surface area contributed by atoms with E-state index in [-0.39, 0.29) is 22.5 Å². The number of nitrogens with one attached hydrogen (secondary N) is 3. The van der Waals surface area contributed by atoms with E-state index in [0.29, 0.717) is 39.4 Å². The molecule has 0 saturated carbocycles. The average molecular weight is 607 g/mol. The predicted octanol–water partition coefficient (Wildman–Crippen LogP) is 3.44. The van der Waals surface area contributed by atoms with Gasteiger partial charge in [-0.1, -0.05) is 11.6 Å². The maximum atomic E-state index is 12.7. The van der Waals surface area contributed by atoms with Crippen LogP contribution in [0, 0.1) is 0 Å². The summed E-state index contributed by atoms with van der Waals surface area (Å²) in [7, 11) is 0. The Bertz CT molecular complexity index is 1610. The van der Waals surface area contributed by atoms with E-state index in [4.69, 9.17) is 16.3 Å². The highest BCUT2D eigenvalue weighted by Gasteiger charge is 2.16. The second-order valence-corrected chi connectivity index (χ2v) is 10.5. The van der Waals surface area contributed by atoms with Gasteiger partial charge in [0.1, 0.15) is 18.0 Å². The van der Waals surface area contributed by atoms with Gasteiger partial charge in [0.15, 0.2) is 0 Å². The van der Waals surface area contributed by atoms with Gasteiger partial charge in [-0.25, -0.2) is 15.0 Å². The van der Waals surface area contributed by atoms with E-state index < -0.39 is 5.91 Å². The summed E-state index contributed by atoms with van der Waals surface area (Å²) >= 11 is 7.66. The molecule has 12 nitrogen and oxygen atoms in total. The van der Waals surface area contributed by atoms with Crippen LogP contribution in [0.2, 0.25) is 5.02 Å². The third kappa shape index (κ3) is 7.70. The lowest BCUT2D eigenvalue weighted by molar-refractivity contribution is -0.117. The van der Waals surface area contributed by atoms with Crippen molar-refractivity contribution in [2.24, 2.45) is 0 Å². The van der Waals surface area contributed by atoms with Crippen molar-refractivity contribution >= 4 is 68.8 Å². The van der Waals surface area contributed by atoms with Crippen molar-refractivity contribution in [3.63, 3.8) is 0 Å². The van der Waals surface area contributed by atoms with Gasteiger partial charge in [0.25, 0.3) is 0 Å². The molecule has 4 aromatic rings. The monoisotopic (exact) mass is 606 g/mol. The minimum Gasteiger partial charge on any atom is -0.379 e. The number of morpholine rings is 1. The number of anilines is 3. The Kier molecular flexibility index (Phi) is 9.77. The fraction of sp³-hybridized carbons (Fsp3) is 0.250. The average Bonchev–Trinajstić information content (AvgIpc) is 3.54. The number of amides is 2. The lowest BCUT2D eigenvalue weighted by Crippen LogP contribution is -2.38. The first-order valence-electron chi connectivity index (χ1n) is 13.1. The summed E-state index contributed by atoms with van der Waals surface area (Å²) < 4.78 is 5.33. The maximum absolute atomic E-state index is 12.7. The highest BCUT2D eigenvalue weighted by Crippen LogP contribution is 2.29.